The molecule has 0 heterocycles. The molecule has 0 spiro atoms. The van der Waals surface area contributed by atoms with Crippen molar-refractivity contribution < 1.29 is 0 Å². The summed E-state index contributed by atoms with van der Waals surface area (Å²) in [6.07, 6.45) is 0. The van der Waals surface area contributed by atoms with Gasteiger partial charge in [-0.1, -0.05) is 12.2 Å². The van der Waals surface area contributed by atoms with Crippen LogP contribution in [0.1, 0.15) is 6.92 Å². The molecule has 0 aliphatic rings. The Kier molecular flexibility index (Phi) is 17.2. The summed E-state index contributed by atoms with van der Waals surface area (Å²) in [5, 5.41) is 1.17. The summed E-state index contributed by atoms with van der Waals surface area (Å²) in [6, 6.07) is 0. The van der Waals surface area contributed by atoms with Crippen LogP contribution >= 0.6 is 27.0 Å². The van der Waals surface area contributed by atoms with Crippen molar-refractivity contribution in [3.63, 3.8) is 0 Å². The van der Waals surface area contributed by atoms with E-state index in [0.717, 1.165) is 0 Å². The number of halogens is 2. The third-order valence-corrected chi connectivity index (χ3v) is 1.39. The molecule has 0 fully saturated rings. The average molecular weight is 172 g/mol. The third-order valence-electron chi connectivity index (χ3n) is 0.154. The molecular formula is C2H6AlBrCl. The minimum atomic E-state index is 0. The largest absolute Gasteiger partial charge is 0.355 e. The molecule has 0 aromatic carbocycles. The molecule has 0 aliphatic heterocycles. The van der Waals surface area contributed by atoms with Crippen molar-refractivity contribution in [2.75, 3.05) is 0 Å². The van der Waals surface area contributed by atoms with E-state index in [9.17, 15) is 0 Å². The summed E-state index contributed by atoms with van der Waals surface area (Å²) in [4.78, 5) is 0. The van der Waals surface area contributed by atoms with E-state index in [2.05, 4.69) is 6.92 Å². The Morgan fingerprint density at radius 3 is 2.00 bits per heavy atom. The van der Waals surface area contributed by atoms with Crippen molar-refractivity contribution >= 4 is 41.3 Å². The smallest absolute Gasteiger partial charge is 0.276 e. The quantitative estimate of drug-likeness (QED) is 0.530. The Hall–Kier alpha value is 1.30. The summed E-state index contributed by atoms with van der Waals surface area (Å²) in [7, 11) is 5.27. The average Bonchev–Trinajstić information content (AvgIpc) is 1.37. The van der Waals surface area contributed by atoms with Gasteiger partial charge in [0.15, 0.2) is 0 Å². The fourth-order valence-electron chi connectivity index (χ4n) is 0. The molecule has 31 valence electrons. The monoisotopic (exact) mass is 171 g/mol. The van der Waals surface area contributed by atoms with Crippen LogP contribution in [-0.2, 0) is 0 Å². The van der Waals surface area contributed by atoms with Gasteiger partial charge >= 0.3 is 14.3 Å². The predicted molar refractivity (Wildman–Crippen MR) is 32.4 cm³/mol. The maximum atomic E-state index is 5.27. The van der Waals surface area contributed by atoms with Gasteiger partial charge in [-0.2, -0.15) is 0 Å². The Morgan fingerprint density at radius 2 is 2.00 bits per heavy atom. The fourth-order valence-corrected chi connectivity index (χ4v) is 0. The zero-order valence-electron chi connectivity index (χ0n) is 3.07. The molecule has 0 aromatic rings. The van der Waals surface area contributed by atoms with Crippen molar-refractivity contribution in [1.29, 1.82) is 0 Å². The molecule has 0 saturated carbocycles. The summed E-state index contributed by atoms with van der Waals surface area (Å²) in [6.45, 7) is 2.09. The number of hydrogen-bond donors (Lipinski definition) is 0. The highest BCUT2D eigenvalue weighted by atomic mass is 79.9. The molecule has 0 nitrogen and oxygen atoms in total. The first-order chi connectivity index (χ1) is 1.91. The summed E-state index contributed by atoms with van der Waals surface area (Å²) < 4.78 is 0. The highest BCUT2D eigenvalue weighted by Crippen LogP contribution is 1.73. The molecule has 0 amide bonds. The van der Waals surface area contributed by atoms with E-state index < -0.39 is 0 Å². The molecule has 5 heavy (non-hydrogen) atoms. The van der Waals surface area contributed by atoms with Gasteiger partial charge in [0, 0.05) is 0 Å². The van der Waals surface area contributed by atoms with E-state index >= 15 is 0 Å². The highest BCUT2D eigenvalue weighted by molar-refractivity contribution is 8.93. The van der Waals surface area contributed by atoms with Gasteiger partial charge in [0.05, 0.1) is 0 Å². The van der Waals surface area contributed by atoms with Crippen LogP contribution in [0.25, 0.3) is 0 Å². The maximum absolute atomic E-state index is 5.27. The van der Waals surface area contributed by atoms with Gasteiger partial charge in [-0.25, -0.2) is 0 Å². The van der Waals surface area contributed by atoms with Crippen LogP contribution in [0.4, 0.5) is 0 Å². The minimum absolute atomic E-state index is 0. The van der Waals surface area contributed by atoms with Gasteiger partial charge in [-0.05, 0) is 0 Å². The lowest BCUT2D eigenvalue weighted by Gasteiger charge is -1.59. The Balaban J connectivity index is 0. The van der Waals surface area contributed by atoms with Crippen molar-refractivity contribution in [2.45, 2.75) is 12.2 Å². The van der Waals surface area contributed by atoms with Crippen molar-refractivity contribution in [2.24, 2.45) is 0 Å². The molecule has 1 radical (unpaired) electrons. The van der Waals surface area contributed by atoms with E-state index in [4.69, 9.17) is 10.0 Å². The van der Waals surface area contributed by atoms with Gasteiger partial charge in [-0.3, -0.25) is 10.0 Å². The molecule has 0 saturated heterocycles. The first-order valence-electron chi connectivity index (χ1n) is 1.33. The van der Waals surface area contributed by atoms with Crippen LogP contribution < -0.4 is 0 Å². The van der Waals surface area contributed by atoms with Crippen LogP contribution in [0.15, 0.2) is 0 Å². The zero-order valence-corrected chi connectivity index (χ0v) is 6.69. The van der Waals surface area contributed by atoms with Gasteiger partial charge in [0.2, 0.25) is 0 Å². The summed E-state index contributed by atoms with van der Waals surface area (Å²) in [5.41, 5.74) is 0. The number of rotatable bonds is 1. The van der Waals surface area contributed by atoms with Crippen LogP contribution in [0.2, 0.25) is 5.28 Å². The highest BCUT2D eigenvalue weighted by Gasteiger charge is 1.69. The summed E-state index contributed by atoms with van der Waals surface area (Å²) in [5.74, 6) is 0. The molecule has 3 heteroatoms. The normalized spacial score (nSPS) is 5.20. The zero-order chi connectivity index (χ0) is 3.41. The molecular weight excluding hydrogens is 166 g/mol. The predicted octanol–water partition coefficient (Wildman–Crippen LogP) is 1.86. The molecule has 0 aliphatic carbocycles. The van der Waals surface area contributed by atoms with Crippen LogP contribution in [0.3, 0.4) is 0 Å². The minimum Gasteiger partial charge on any atom is -0.276 e. The number of hydrogen-bond acceptors (Lipinski definition) is 0. The topological polar surface area (TPSA) is 0 Å². The van der Waals surface area contributed by atoms with Gasteiger partial charge in [0.1, 0.15) is 0 Å². The first kappa shape index (κ1) is 9.57. The van der Waals surface area contributed by atoms with E-state index in [1.54, 1.807) is 0 Å². The van der Waals surface area contributed by atoms with Crippen molar-refractivity contribution in [3.8, 4) is 0 Å². The lowest BCUT2D eigenvalue weighted by molar-refractivity contribution is 1.47. The maximum Gasteiger partial charge on any atom is 0.355 e. The molecule has 0 atom stereocenters. The van der Waals surface area contributed by atoms with Gasteiger partial charge in [-0.15, -0.1) is 17.0 Å². The van der Waals surface area contributed by atoms with Gasteiger partial charge < -0.3 is 0 Å². The van der Waals surface area contributed by atoms with Crippen LogP contribution in [-0.4, -0.2) is 14.3 Å². The molecule has 0 N–H and O–H groups in total. The van der Waals surface area contributed by atoms with Gasteiger partial charge in [0.25, 0.3) is 0 Å². The summed E-state index contributed by atoms with van der Waals surface area (Å²) >= 11 is 0.255. The fraction of sp³-hybridized carbons (Fsp3) is 1.00. The second-order valence-corrected chi connectivity index (χ2v) is 2.61. The SMILES string of the molecule is Br.C[CH2][Al][Cl]. The lowest BCUT2D eigenvalue weighted by Crippen LogP contribution is -1.61. The van der Waals surface area contributed by atoms with Crippen molar-refractivity contribution in [1.82, 2.24) is 0 Å². The third kappa shape index (κ3) is 10.9. The van der Waals surface area contributed by atoms with Crippen LogP contribution in [0, 0.1) is 0 Å². The van der Waals surface area contributed by atoms with E-state index in [1.807, 2.05) is 0 Å². The molecule has 0 rings (SSSR count). The van der Waals surface area contributed by atoms with E-state index in [-0.39, 0.29) is 31.3 Å². The van der Waals surface area contributed by atoms with Crippen molar-refractivity contribution in [3.05, 3.63) is 0 Å². The lowest BCUT2D eigenvalue weighted by atomic mass is 11.0. The Labute approximate surface area is 53.6 Å². The molecule has 0 aromatic heterocycles. The van der Waals surface area contributed by atoms with E-state index in [0.29, 0.717) is 0 Å². The Bertz CT molecular complexity index is 11.6. The molecule has 0 unspecified atom stereocenters. The standard InChI is InChI=1S/C2H5.Al.BrH.ClH/c1-2;;;/h1H2,2H3;;2*1H/q;+1;;/p-1. The molecule has 0 bridgehead atoms. The Morgan fingerprint density at radius 1 is 1.80 bits per heavy atom. The second-order valence-electron chi connectivity index (χ2n) is 0.563. The second kappa shape index (κ2) is 9.00. The van der Waals surface area contributed by atoms with E-state index in [1.165, 1.54) is 5.28 Å². The first-order valence-corrected chi connectivity index (χ1v) is 3.90. The van der Waals surface area contributed by atoms with Crippen LogP contribution in [0.5, 0.6) is 0 Å².